The molecule has 6 heterocycles. The van der Waals surface area contributed by atoms with Crippen molar-refractivity contribution in [3.63, 3.8) is 0 Å². The van der Waals surface area contributed by atoms with Gasteiger partial charge in [-0.1, -0.05) is 19.8 Å². The first kappa shape index (κ1) is 20.5. The molecule has 8 aliphatic rings. The molecule has 8 unspecified atom stereocenters. The van der Waals surface area contributed by atoms with Crippen LogP contribution in [0, 0.1) is 29.6 Å². The van der Waals surface area contributed by atoms with Gasteiger partial charge in [0.05, 0.1) is 0 Å². The van der Waals surface area contributed by atoms with E-state index in [2.05, 4.69) is 22.5 Å². The average Bonchev–Trinajstić information content (AvgIpc) is 2.98. The Kier molecular flexibility index (Phi) is 5.92. The summed E-state index contributed by atoms with van der Waals surface area (Å²) in [6.07, 6.45) is 20.7. The molecule has 3 heteroatoms. The van der Waals surface area contributed by atoms with E-state index in [0.29, 0.717) is 0 Å². The van der Waals surface area contributed by atoms with Crippen molar-refractivity contribution < 1.29 is 0 Å². The second kappa shape index (κ2) is 8.67. The molecular weight excluding hydrogens is 366 g/mol. The van der Waals surface area contributed by atoms with Crippen molar-refractivity contribution in [1.29, 1.82) is 0 Å². The minimum Gasteiger partial charge on any atom is -0.311 e. The maximum atomic E-state index is 4.36. The van der Waals surface area contributed by atoms with Crippen molar-refractivity contribution >= 4 is 0 Å². The van der Waals surface area contributed by atoms with Crippen molar-refractivity contribution in [2.45, 2.75) is 127 Å². The molecule has 6 saturated heterocycles. The van der Waals surface area contributed by atoms with Crippen molar-refractivity contribution in [2.75, 3.05) is 13.1 Å². The quantitative estimate of drug-likeness (QED) is 0.670. The van der Waals surface area contributed by atoms with Crippen LogP contribution in [0.5, 0.6) is 0 Å². The normalized spacial score (nSPS) is 52.3. The third-order valence-electron chi connectivity index (χ3n) is 10.5. The van der Waals surface area contributed by atoms with Crippen molar-refractivity contribution in [2.24, 2.45) is 29.6 Å². The van der Waals surface area contributed by atoms with Crippen molar-refractivity contribution in [1.82, 2.24) is 15.5 Å². The summed E-state index contributed by atoms with van der Waals surface area (Å²) in [5.41, 5.74) is 0. The Hall–Kier alpha value is -0.120. The van der Waals surface area contributed by atoms with E-state index in [9.17, 15) is 0 Å². The van der Waals surface area contributed by atoms with E-state index in [1.54, 1.807) is 0 Å². The van der Waals surface area contributed by atoms with Gasteiger partial charge in [0.25, 0.3) is 0 Å². The molecule has 3 nitrogen and oxygen atoms in total. The Morgan fingerprint density at radius 1 is 0.600 bits per heavy atom. The van der Waals surface area contributed by atoms with Gasteiger partial charge in [-0.25, -0.2) is 0 Å². The van der Waals surface area contributed by atoms with Crippen LogP contribution in [0.3, 0.4) is 0 Å². The highest BCUT2D eigenvalue weighted by molar-refractivity contribution is 5.04. The fourth-order valence-corrected chi connectivity index (χ4v) is 9.13. The molecule has 0 radical (unpaired) electrons. The number of fused-ring (bicyclic) bond motifs is 13. The highest BCUT2D eigenvalue weighted by Gasteiger charge is 2.46. The number of hydrogen-bond acceptors (Lipinski definition) is 3. The molecule has 6 aliphatic heterocycles. The van der Waals surface area contributed by atoms with Crippen LogP contribution in [0.25, 0.3) is 0 Å². The monoisotopic (exact) mass is 413 g/mol. The molecule has 0 spiro atoms. The summed E-state index contributed by atoms with van der Waals surface area (Å²) >= 11 is 0. The Labute approximate surface area is 185 Å². The Morgan fingerprint density at radius 2 is 1.33 bits per heavy atom. The number of rotatable bonds is 2. The third-order valence-corrected chi connectivity index (χ3v) is 10.5. The maximum absolute atomic E-state index is 4.36. The van der Waals surface area contributed by atoms with Gasteiger partial charge in [0, 0.05) is 43.3 Å². The number of nitrogens with one attached hydrogen (secondary N) is 2. The van der Waals surface area contributed by atoms with Gasteiger partial charge in [-0.2, -0.15) is 0 Å². The van der Waals surface area contributed by atoms with E-state index in [1.165, 1.54) is 103 Å². The van der Waals surface area contributed by atoms with Crippen LogP contribution in [0.2, 0.25) is 0 Å². The second-order valence-electron chi connectivity index (χ2n) is 12.7. The molecule has 0 aromatic heterocycles. The van der Waals surface area contributed by atoms with E-state index in [4.69, 9.17) is 0 Å². The lowest BCUT2D eigenvalue weighted by Crippen LogP contribution is -2.60. The van der Waals surface area contributed by atoms with Crippen LogP contribution in [-0.4, -0.2) is 48.2 Å². The zero-order valence-corrected chi connectivity index (χ0v) is 19.5. The van der Waals surface area contributed by atoms with Crippen LogP contribution in [-0.2, 0) is 0 Å². The fraction of sp³-hybridized carbons (Fsp3) is 1.00. The topological polar surface area (TPSA) is 27.3 Å². The molecule has 0 amide bonds. The average molecular weight is 414 g/mol. The largest absolute Gasteiger partial charge is 0.311 e. The lowest BCUT2D eigenvalue weighted by molar-refractivity contribution is 0.0502. The van der Waals surface area contributed by atoms with E-state index in [0.717, 1.165) is 59.8 Å². The number of hydrogen-bond donors (Lipinski definition) is 2. The van der Waals surface area contributed by atoms with Crippen LogP contribution < -0.4 is 10.6 Å². The van der Waals surface area contributed by atoms with E-state index in [1.807, 2.05) is 0 Å². The summed E-state index contributed by atoms with van der Waals surface area (Å²) in [6, 6.07) is 4.01. The first-order valence-electron chi connectivity index (χ1n) is 14.0. The number of piperidine rings is 2. The van der Waals surface area contributed by atoms with Crippen LogP contribution >= 0.6 is 0 Å². The summed E-state index contributed by atoms with van der Waals surface area (Å²) in [5.74, 6) is 4.78. The molecule has 2 saturated carbocycles. The fourth-order valence-electron chi connectivity index (χ4n) is 9.13. The van der Waals surface area contributed by atoms with Gasteiger partial charge in [-0.15, -0.1) is 0 Å². The number of nitrogens with zero attached hydrogens (tertiary/aromatic N) is 1. The van der Waals surface area contributed by atoms with E-state index in [-0.39, 0.29) is 0 Å². The molecule has 6 bridgehead atoms. The highest BCUT2D eigenvalue weighted by atomic mass is 15.2. The first-order valence-corrected chi connectivity index (χ1v) is 14.0. The second-order valence-corrected chi connectivity index (χ2v) is 12.7. The zero-order valence-electron chi connectivity index (χ0n) is 19.5. The van der Waals surface area contributed by atoms with E-state index >= 15 is 0 Å². The van der Waals surface area contributed by atoms with Gasteiger partial charge in [0.15, 0.2) is 0 Å². The van der Waals surface area contributed by atoms with Gasteiger partial charge < -0.3 is 10.6 Å². The van der Waals surface area contributed by atoms with Crippen LogP contribution in [0.4, 0.5) is 0 Å². The van der Waals surface area contributed by atoms with Crippen molar-refractivity contribution in [3.05, 3.63) is 0 Å². The molecule has 170 valence electrons. The summed E-state index contributed by atoms with van der Waals surface area (Å²) in [6.45, 7) is 5.34. The van der Waals surface area contributed by atoms with Gasteiger partial charge in [-0.3, -0.25) is 4.90 Å². The Balaban J connectivity index is 1.17. The maximum Gasteiger partial charge on any atom is 0.0252 e. The lowest BCUT2D eigenvalue weighted by atomic mass is 9.71. The summed E-state index contributed by atoms with van der Waals surface area (Å²) < 4.78 is 0. The molecule has 8 fully saturated rings. The SMILES string of the molecule is CC1CC2CCC(C3CC4CCC(N3)C(N3CC5CCCC(CCC5)C3)C4)C(C1)N2. The molecule has 2 aliphatic carbocycles. The minimum absolute atomic E-state index is 0.771. The van der Waals surface area contributed by atoms with Gasteiger partial charge in [0.2, 0.25) is 0 Å². The molecular formula is C27H47N3. The molecule has 8 rings (SSSR count). The molecule has 2 N–H and O–H groups in total. The smallest absolute Gasteiger partial charge is 0.0252 e. The van der Waals surface area contributed by atoms with Crippen LogP contribution in [0.1, 0.15) is 96.8 Å². The summed E-state index contributed by atoms with van der Waals surface area (Å²) in [4.78, 5) is 3.04. The van der Waals surface area contributed by atoms with E-state index < -0.39 is 0 Å². The standard InChI is InChI=1S/C27H47N3/c1-18-12-22-9-10-23(25(13-18)28-22)26-14-21-8-11-24(29-26)27(15-21)30-16-19-4-2-5-20(17-30)7-3-6-19/h18-29H,2-17H2,1H3. The minimum atomic E-state index is 0.771. The molecule has 0 aromatic carbocycles. The van der Waals surface area contributed by atoms with Gasteiger partial charge >= 0.3 is 0 Å². The third kappa shape index (κ3) is 4.13. The highest BCUT2D eigenvalue weighted by Crippen LogP contribution is 2.43. The van der Waals surface area contributed by atoms with Gasteiger partial charge in [0.1, 0.15) is 0 Å². The van der Waals surface area contributed by atoms with Crippen LogP contribution in [0.15, 0.2) is 0 Å². The summed E-state index contributed by atoms with van der Waals surface area (Å²) in [7, 11) is 0. The lowest BCUT2D eigenvalue weighted by Gasteiger charge is -2.48. The zero-order chi connectivity index (χ0) is 20.1. The van der Waals surface area contributed by atoms with Crippen molar-refractivity contribution in [3.8, 4) is 0 Å². The molecule has 30 heavy (non-hydrogen) atoms. The predicted molar refractivity (Wildman–Crippen MR) is 125 cm³/mol. The van der Waals surface area contributed by atoms with Gasteiger partial charge in [-0.05, 0) is 107 Å². The Bertz CT molecular complexity index is 567. The molecule has 0 aromatic rings. The molecule has 8 atom stereocenters. The first-order chi connectivity index (χ1) is 14.7. The predicted octanol–water partition coefficient (Wildman–Crippen LogP) is 4.95. The Morgan fingerprint density at radius 3 is 2.10 bits per heavy atom. The summed E-state index contributed by atoms with van der Waals surface area (Å²) in [5, 5.41) is 8.43.